The molecular weight excluding hydrogens is 564 g/mol. The molecule has 2 amide bonds. The number of para-hydroxylation sites is 1. The van der Waals surface area contributed by atoms with Gasteiger partial charge in [-0.1, -0.05) is 64.0 Å². The van der Waals surface area contributed by atoms with Crippen molar-refractivity contribution in [2.45, 2.75) is 20.4 Å². The number of carbonyl (C=O) groups is 3. The number of imide groups is 1. The molecule has 1 fully saturated rings. The van der Waals surface area contributed by atoms with Gasteiger partial charge < -0.3 is 9.30 Å². The van der Waals surface area contributed by atoms with Crippen LogP contribution < -0.4 is 4.74 Å². The van der Waals surface area contributed by atoms with Crippen LogP contribution in [-0.2, 0) is 11.3 Å². The normalized spacial score (nSPS) is 14.6. The van der Waals surface area contributed by atoms with Gasteiger partial charge in [-0.2, -0.15) is 0 Å². The van der Waals surface area contributed by atoms with Crippen molar-refractivity contribution in [3.05, 3.63) is 105 Å². The molecule has 0 unspecified atom stereocenters. The molecule has 6 nitrogen and oxygen atoms in total. The topological polar surface area (TPSA) is 68.6 Å². The average molecular weight is 590 g/mol. The Morgan fingerprint density at radius 2 is 1.79 bits per heavy atom. The number of halogens is 1. The number of amides is 2. The van der Waals surface area contributed by atoms with Gasteiger partial charge in [0.15, 0.2) is 5.78 Å². The molecule has 38 heavy (non-hydrogen) atoms. The van der Waals surface area contributed by atoms with E-state index < -0.39 is 11.1 Å². The summed E-state index contributed by atoms with van der Waals surface area (Å²) in [5.74, 6) is 0.114. The third-order valence-corrected chi connectivity index (χ3v) is 7.79. The highest BCUT2D eigenvalue weighted by atomic mass is 79.9. The molecule has 8 heteroatoms. The van der Waals surface area contributed by atoms with Gasteiger partial charge >= 0.3 is 0 Å². The number of fused-ring (bicyclic) bond motifs is 1. The number of aryl methyl sites for hydroxylation is 2. The van der Waals surface area contributed by atoms with Crippen molar-refractivity contribution in [3.63, 3.8) is 0 Å². The van der Waals surface area contributed by atoms with Gasteiger partial charge in [0.2, 0.25) is 0 Å². The summed E-state index contributed by atoms with van der Waals surface area (Å²) in [6, 6.07) is 20.9. The van der Waals surface area contributed by atoms with Crippen molar-refractivity contribution in [2.24, 2.45) is 0 Å². The first kappa shape index (κ1) is 26.0. The molecule has 1 aromatic heterocycles. The van der Waals surface area contributed by atoms with Gasteiger partial charge in [0.25, 0.3) is 11.1 Å². The predicted octanol–water partition coefficient (Wildman–Crippen LogP) is 7.02. The Hall–Kier alpha value is -3.62. The summed E-state index contributed by atoms with van der Waals surface area (Å²) in [6.07, 6.45) is 3.69. The fourth-order valence-electron chi connectivity index (χ4n) is 4.32. The maximum absolute atomic E-state index is 13.1. The lowest BCUT2D eigenvalue weighted by molar-refractivity contribution is -0.122. The molecule has 0 bridgehead atoms. The summed E-state index contributed by atoms with van der Waals surface area (Å²) >= 11 is 4.39. The highest BCUT2D eigenvalue weighted by Crippen LogP contribution is 2.35. The highest BCUT2D eigenvalue weighted by Gasteiger charge is 2.36. The number of Topliss-reactive ketones (excluding diaryl/α,β-unsaturated/α-hetero) is 1. The van der Waals surface area contributed by atoms with Crippen LogP contribution in [0.2, 0.25) is 0 Å². The molecule has 0 spiro atoms. The van der Waals surface area contributed by atoms with E-state index in [9.17, 15) is 14.4 Å². The number of benzene rings is 3. The van der Waals surface area contributed by atoms with Crippen LogP contribution in [0.1, 0.15) is 27.0 Å². The van der Waals surface area contributed by atoms with Crippen LogP contribution in [0, 0.1) is 13.8 Å². The van der Waals surface area contributed by atoms with Crippen LogP contribution in [0.25, 0.3) is 17.0 Å². The van der Waals surface area contributed by atoms with Crippen LogP contribution in [0.5, 0.6) is 5.75 Å². The molecule has 1 aliphatic rings. The van der Waals surface area contributed by atoms with E-state index in [2.05, 4.69) is 20.5 Å². The molecule has 0 saturated carbocycles. The van der Waals surface area contributed by atoms with E-state index in [4.69, 9.17) is 4.74 Å². The molecule has 3 aromatic carbocycles. The summed E-state index contributed by atoms with van der Waals surface area (Å²) < 4.78 is 8.98. The summed E-state index contributed by atoms with van der Waals surface area (Å²) in [6.45, 7) is 4.74. The van der Waals surface area contributed by atoms with Crippen molar-refractivity contribution < 1.29 is 19.1 Å². The molecule has 0 atom stereocenters. The van der Waals surface area contributed by atoms with Gasteiger partial charge in [0.05, 0.1) is 18.0 Å². The maximum atomic E-state index is 13.1. The van der Waals surface area contributed by atoms with Crippen molar-refractivity contribution in [3.8, 4) is 5.75 Å². The second-order valence-corrected chi connectivity index (χ2v) is 11.0. The number of nitrogens with zero attached hydrogens (tertiary/aromatic N) is 2. The van der Waals surface area contributed by atoms with Gasteiger partial charge in [-0.25, -0.2) is 0 Å². The van der Waals surface area contributed by atoms with E-state index in [0.29, 0.717) is 23.6 Å². The maximum Gasteiger partial charge on any atom is 0.293 e. The first-order chi connectivity index (χ1) is 18.3. The van der Waals surface area contributed by atoms with E-state index in [-0.39, 0.29) is 12.3 Å². The zero-order valence-electron chi connectivity index (χ0n) is 20.9. The molecule has 0 aliphatic carbocycles. The van der Waals surface area contributed by atoms with Gasteiger partial charge in [0, 0.05) is 32.7 Å². The highest BCUT2D eigenvalue weighted by molar-refractivity contribution is 9.10. The molecule has 5 rings (SSSR count). The number of carbonyl (C=O) groups excluding carboxylic acids is 3. The van der Waals surface area contributed by atoms with E-state index in [1.54, 1.807) is 18.2 Å². The fourth-order valence-corrected chi connectivity index (χ4v) is 5.51. The third kappa shape index (κ3) is 5.47. The molecular formula is C30H25BrN2O4S. The Labute approximate surface area is 233 Å². The molecule has 2 heterocycles. The molecule has 192 valence electrons. The number of thioether (sulfide) groups is 1. The summed E-state index contributed by atoms with van der Waals surface area (Å²) in [5.41, 5.74) is 4.38. The number of ketones is 1. The first-order valence-corrected chi connectivity index (χ1v) is 13.7. The Balaban J connectivity index is 1.37. The van der Waals surface area contributed by atoms with Crippen molar-refractivity contribution in [1.82, 2.24) is 9.47 Å². The fraction of sp³-hybridized carbons (Fsp3) is 0.167. The largest absolute Gasteiger partial charge is 0.491 e. The van der Waals surface area contributed by atoms with Crippen LogP contribution in [0.4, 0.5) is 4.79 Å². The Bertz CT molecular complexity index is 1590. The monoisotopic (exact) mass is 588 g/mol. The SMILES string of the molecule is Cc1ccc(C(=O)CN2C(=O)S/C(=C\c3cn(CCOc4ccccc4C)c4ccc(Br)cc34)C2=O)cc1. The third-order valence-electron chi connectivity index (χ3n) is 6.39. The van der Waals surface area contributed by atoms with Gasteiger partial charge in [-0.05, 0) is 61.5 Å². The molecule has 1 saturated heterocycles. The molecule has 1 aliphatic heterocycles. The van der Waals surface area contributed by atoms with Gasteiger partial charge in [-0.15, -0.1) is 0 Å². The van der Waals surface area contributed by atoms with E-state index >= 15 is 0 Å². The molecule has 0 N–H and O–H groups in total. The molecule has 4 aromatic rings. The minimum absolute atomic E-state index is 0.275. The lowest BCUT2D eigenvalue weighted by Crippen LogP contribution is -2.33. The number of rotatable bonds is 8. The summed E-state index contributed by atoms with van der Waals surface area (Å²) in [4.78, 5) is 39.8. The lowest BCUT2D eigenvalue weighted by atomic mass is 10.1. The van der Waals surface area contributed by atoms with Crippen molar-refractivity contribution in [1.29, 1.82) is 0 Å². The van der Waals surface area contributed by atoms with Gasteiger partial charge in [0.1, 0.15) is 12.4 Å². The summed E-state index contributed by atoms with van der Waals surface area (Å²) in [7, 11) is 0. The number of hydrogen-bond donors (Lipinski definition) is 0. The van der Waals surface area contributed by atoms with E-state index in [0.717, 1.165) is 54.5 Å². The first-order valence-electron chi connectivity index (χ1n) is 12.1. The standard InChI is InChI=1S/C30H25BrN2O4S/c1-19-7-9-21(10-8-19)26(34)18-33-29(35)28(38-30(33)36)15-22-17-32(25-12-11-23(31)16-24(22)25)13-14-37-27-6-4-3-5-20(27)2/h3-12,15-17H,13-14,18H2,1-2H3/b28-15-. The number of hydrogen-bond acceptors (Lipinski definition) is 5. The van der Waals surface area contributed by atoms with E-state index in [1.165, 1.54) is 0 Å². The predicted molar refractivity (Wildman–Crippen MR) is 154 cm³/mol. The molecule has 0 radical (unpaired) electrons. The zero-order valence-corrected chi connectivity index (χ0v) is 23.3. The average Bonchev–Trinajstić information content (AvgIpc) is 3.36. The number of ether oxygens (including phenoxy) is 1. The Kier molecular flexibility index (Phi) is 7.53. The number of aromatic nitrogens is 1. The Morgan fingerprint density at radius 3 is 2.55 bits per heavy atom. The zero-order chi connectivity index (χ0) is 26.8. The Morgan fingerprint density at radius 1 is 1.03 bits per heavy atom. The van der Waals surface area contributed by atoms with E-state index in [1.807, 2.05) is 74.6 Å². The van der Waals surface area contributed by atoms with Crippen LogP contribution >= 0.6 is 27.7 Å². The van der Waals surface area contributed by atoms with Crippen LogP contribution in [0.3, 0.4) is 0 Å². The summed E-state index contributed by atoms with van der Waals surface area (Å²) in [5, 5.41) is 0.496. The minimum Gasteiger partial charge on any atom is -0.491 e. The van der Waals surface area contributed by atoms with Gasteiger partial charge in [-0.3, -0.25) is 19.3 Å². The quantitative estimate of drug-likeness (QED) is 0.163. The van der Waals surface area contributed by atoms with Crippen LogP contribution in [-0.4, -0.2) is 39.5 Å². The van der Waals surface area contributed by atoms with Crippen molar-refractivity contribution in [2.75, 3.05) is 13.2 Å². The lowest BCUT2D eigenvalue weighted by Gasteiger charge is -2.11. The smallest absolute Gasteiger partial charge is 0.293 e. The van der Waals surface area contributed by atoms with Crippen molar-refractivity contribution >= 4 is 61.6 Å². The second kappa shape index (κ2) is 11.0. The minimum atomic E-state index is -0.459. The second-order valence-electron chi connectivity index (χ2n) is 9.11. The van der Waals surface area contributed by atoms with Crippen LogP contribution in [0.15, 0.2) is 82.3 Å².